The minimum absolute atomic E-state index is 0.565. The fourth-order valence-corrected chi connectivity index (χ4v) is 0.839. The highest BCUT2D eigenvalue weighted by molar-refractivity contribution is 5.82. The average molecular weight is 127 g/mol. The lowest BCUT2D eigenvalue weighted by Gasteiger charge is -2.06. The lowest BCUT2D eigenvalue weighted by molar-refractivity contribution is 0.570. The normalized spacial score (nSPS) is 29.0. The standard InChI is InChI=1S/C6H13N3/c1-5-2-3-8-6(7)4-9-5/h5,9H,2-4H2,1H3,(H2,7,8). The monoisotopic (exact) mass is 127 g/mol. The van der Waals surface area contributed by atoms with E-state index < -0.39 is 0 Å². The van der Waals surface area contributed by atoms with Crippen molar-refractivity contribution >= 4 is 5.84 Å². The van der Waals surface area contributed by atoms with Gasteiger partial charge in [-0.25, -0.2) is 0 Å². The molecule has 0 bridgehead atoms. The van der Waals surface area contributed by atoms with Crippen LogP contribution in [0.15, 0.2) is 4.99 Å². The van der Waals surface area contributed by atoms with Crippen molar-refractivity contribution in [2.45, 2.75) is 19.4 Å². The first-order valence-corrected chi connectivity index (χ1v) is 3.31. The van der Waals surface area contributed by atoms with Gasteiger partial charge in [0.15, 0.2) is 0 Å². The molecule has 0 fully saturated rings. The third kappa shape index (κ3) is 2.01. The van der Waals surface area contributed by atoms with Crippen LogP contribution in [-0.2, 0) is 0 Å². The quantitative estimate of drug-likeness (QED) is 0.470. The van der Waals surface area contributed by atoms with Crippen LogP contribution in [0.3, 0.4) is 0 Å². The Hall–Kier alpha value is -0.570. The van der Waals surface area contributed by atoms with Crippen LogP contribution >= 0.6 is 0 Å². The second-order valence-corrected chi connectivity index (χ2v) is 2.44. The summed E-state index contributed by atoms with van der Waals surface area (Å²) in [5.41, 5.74) is 5.48. The van der Waals surface area contributed by atoms with E-state index in [1.165, 1.54) is 0 Å². The Morgan fingerprint density at radius 1 is 1.78 bits per heavy atom. The van der Waals surface area contributed by atoms with Crippen molar-refractivity contribution in [1.29, 1.82) is 0 Å². The van der Waals surface area contributed by atoms with E-state index >= 15 is 0 Å². The first kappa shape index (κ1) is 6.55. The second kappa shape index (κ2) is 2.82. The van der Waals surface area contributed by atoms with E-state index in [-0.39, 0.29) is 0 Å². The van der Waals surface area contributed by atoms with Crippen LogP contribution < -0.4 is 11.1 Å². The van der Waals surface area contributed by atoms with E-state index in [4.69, 9.17) is 5.73 Å². The summed E-state index contributed by atoms with van der Waals surface area (Å²) in [5.74, 6) is 0.736. The predicted molar refractivity (Wildman–Crippen MR) is 38.6 cm³/mol. The summed E-state index contributed by atoms with van der Waals surface area (Å²) in [6.07, 6.45) is 1.10. The molecule has 1 rings (SSSR count). The first-order chi connectivity index (χ1) is 4.29. The molecule has 9 heavy (non-hydrogen) atoms. The van der Waals surface area contributed by atoms with E-state index in [2.05, 4.69) is 17.2 Å². The van der Waals surface area contributed by atoms with Gasteiger partial charge in [0.05, 0.1) is 6.54 Å². The fraction of sp³-hybridized carbons (Fsp3) is 0.833. The summed E-state index contributed by atoms with van der Waals surface area (Å²) in [6.45, 7) is 3.77. The number of aliphatic imine (C=N–C) groups is 1. The van der Waals surface area contributed by atoms with Crippen molar-refractivity contribution in [2.75, 3.05) is 13.1 Å². The van der Waals surface area contributed by atoms with E-state index in [1.807, 2.05) is 0 Å². The van der Waals surface area contributed by atoms with Crippen molar-refractivity contribution < 1.29 is 0 Å². The van der Waals surface area contributed by atoms with Gasteiger partial charge >= 0.3 is 0 Å². The van der Waals surface area contributed by atoms with Crippen LogP contribution in [0.25, 0.3) is 0 Å². The smallest absolute Gasteiger partial charge is 0.108 e. The third-order valence-electron chi connectivity index (χ3n) is 1.51. The van der Waals surface area contributed by atoms with Gasteiger partial charge in [-0.05, 0) is 13.3 Å². The second-order valence-electron chi connectivity index (χ2n) is 2.44. The largest absolute Gasteiger partial charge is 0.386 e. The van der Waals surface area contributed by atoms with Crippen LogP contribution in [0.2, 0.25) is 0 Å². The Balaban J connectivity index is 2.39. The van der Waals surface area contributed by atoms with E-state index in [1.54, 1.807) is 0 Å². The van der Waals surface area contributed by atoms with Crippen molar-refractivity contribution in [1.82, 2.24) is 5.32 Å². The van der Waals surface area contributed by atoms with Gasteiger partial charge in [0.2, 0.25) is 0 Å². The lowest BCUT2D eigenvalue weighted by Crippen LogP contribution is -2.32. The zero-order valence-electron chi connectivity index (χ0n) is 5.72. The summed E-state index contributed by atoms with van der Waals surface area (Å²) in [5, 5.41) is 3.24. The van der Waals surface area contributed by atoms with E-state index in [0.717, 1.165) is 25.3 Å². The van der Waals surface area contributed by atoms with Crippen LogP contribution in [0, 0.1) is 0 Å². The molecule has 0 aromatic carbocycles. The molecule has 3 N–H and O–H groups in total. The molecule has 52 valence electrons. The van der Waals surface area contributed by atoms with Crippen molar-refractivity contribution in [3.63, 3.8) is 0 Å². The zero-order chi connectivity index (χ0) is 6.69. The molecule has 0 aromatic heterocycles. The highest BCUT2D eigenvalue weighted by Gasteiger charge is 2.04. The van der Waals surface area contributed by atoms with Crippen LogP contribution in [0.5, 0.6) is 0 Å². The molecule has 0 aromatic rings. The topological polar surface area (TPSA) is 50.4 Å². The summed E-state index contributed by atoms with van der Waals surface area (Å²) in [7, 11) is 0. The van der Waals surface area contributed by atoms with Gasteiger partial charge in [0, 0.05) is 12.6 Å². The molecule has 0 aliphatic carbocycles. The molecule has 1 heterocycles. The minimum Gasteiger partial charge on any atom is -0.386 e. The van der Waals surface area contributed by atoms with Crippen molar-refractivity contribution in [3.8, 4) is 0 Å². The highest BCUT2D eigenvalue weighted by atomic mass is 15.0. The molecule has 3 nitrogen and oxygen atoms in total. The first-order valence-electron chi connectivity index (χ1n) is 3.31. The van der Waals surface area contributed by atoms with Gasteiger partial charge in [-0.1, -0.05) is 0 Å². The molecule has 1 unspecified atom stereocenters. The van der Waals surface area contributed by atoms with E-state index in [0.29, 0.717) is 6.04 Å². The molecule has 0 radical (unpaired) electrons. The molecular weight excluding hydrogens is 114 g/mol. The number of nitrogens with two attached hydrogens (primary N) is 1. The van der Waals surface area contributed by atoms with Gasteiger partial charge in [-0.3, -0.25) is 4.99 Å². The van der Waals surface area contributed by atoms with Gasteiger partial charge in [0.1, 0.15) is 5.84 Å². The Kier molecular flexibility index (Phi) is 2.05. The molecule has 1 atom stereocenters. The number of rotatable bonds is 0. The molecule has 1 aliphatic rings. The van der Waals surface area contributed by atoms with Gasteiger partial charge in [0.25, 0.3) is 0 Å². The molecule has 3 heteroatoms. The Bertz CT molecular complexity index is 119. The van der Waals surface area contributed by atoms with Crippen molar-refractivity contribution in [3.05, 3.63) is 0 Å². The maximum absolute atomic E-state index is 5.48. The van der Waals surface area contributed by atoms with Crippen molar-refractivity contribution in [2.24, 2.45) is 10.7 Å². The Morgan fingerprint density at radius 3 is 3.33 bits per heavy atom. The number of nitrogens with one attached hydrogen (secondary N) is 1. The molecule has 0 amide bonds. The van der Waals surface area contributed by atoms with Gasteiger partial charge in [-0.15, -0.1) is 0 Å². The Labute approximate surface area is 55.3 Å². The van der Waals surface area contributed by atoms with Crippen LogP contribution in [-0.4, -0.2) is 25.0 Å². The zero-order valence-corrected chi connectivity index (χ0v) is 5.72. The molecule has 0 saturated carbocycles. The lowest BCUT2D eigenvalue weighted by atomic mass is 10.2. The summed E-state index contributed by atoms with van der Waals surface area (Å²) in [6, 6.07) is 0.565. The van der Waals surface area contributed by atoms with Gasteiger partial charge < -0.3 is 11.1 Å². The summed E-state index contributed by atoms with van der Waals surface area (Å²) in [4.78, 5) is 4.11. The molecule has 0 spiro atoms. The average Bonchev–Trinajstić information content (AvgIpc) is 1.97. The van der Waals surface area contributed by atoms with Crippen LogP contribution in [0.4, 0.5) is 0 Å². The maximum atomic E-state index is 5.48. The summed E-state index contributed by atoms with van der Waals surface area (Å²) < 4.78 is 0. The SMILES string of the molecule is CC1CCN=C(N)CN1. The number of hydrogen-bond donors (Lipinski definition) is 2. The third-order valence-corrected chi connectivity index (χ3v) is 1.51. The number of nitrogens with zero attached hydrogens (tertiary/aromatic N) is 1. The molecule has 0 saturated heterocycles. The van der Waals surface area contributed by atoms with Crippen LogP contribution in [0.1, 0.15) is 13.3 Å². The highest BCUT2D eigenvalue weighted by Crippen LogP contribution is 1.93. The minimum atomic E-state index is 0.565. The fourth-order valence-electron chi connectivity index (χ4n) is 0.839. The number of amidine groups is 1. The maximum Gasteiger partial charge on any atom is 0.108 e. The summed E-state index contributed by atoms with van der Waals surface area (Å²) >= 11 is 0. The molecular formula is C6H13N3. The van der Waals surface area contributed by atoms with Gasteiger partial charge in [-0.2, -0.15) is 0 Å². The number of hydrogen-bond acceptors (Lipinski definition) is 3. The van der Waals surface area contributed by atoms with E-state index in [9.17, 15) is 0 Å². The predicted octanol–water partition coefficient (Wildman–Crippen LogP) is -0.275. The molecule has 1 aliphatic heterocycles. The Morgan fingerprint density at radius 2 is 2.56 bits per heavy atom.